The molecule has 2 aliphatic rings. The van der Waals surface area contributed by atoms with Crippen LogP contribution in [0.15, 0.2) is 84.1 Å². The zero-order valence-corrected chi connectivity index (χ0v) is 20.0. The molecule has 1 heterocycles. The fourth-order valence-electron chi connectivity index (χ4n) is 4.98. The third-order valence-corrected chi connectivity index (χ3v) is 6.94. The van der Waals surface area contributed by atoms with Crippen LogP contribution in [0.4, 0.5) is 24.5 Å². The summed E-state index contributed by atoms with van der Waals surface area (Å²) in [6, 6.07) is 19.2. The summed E-state index contributed by atoms with van der Waals surface area (Å²) in [6.45, 7) is 1.86. The van der Waals surface area contributed by atoms with Gasteiger partial charge in [-0.1, -0.05) is 65.7 Å². The minimum absolute atomic E-state index is 0.0654. The molecule has 5 rings (SSSR count). The van der Waals surface area contributed by atoms with E-state index in [1.807, 2.05) is 19.1 Å². The van der Waals surface area contributed by atoms with Gasteiger partial charge in [-0.15, -0.1) is 0 Å². The first-order valence-electron chi connectivity index (χ1n) is 11.5. The number of hydrogen-bond donors (Lipinski definition) is 1. The van der Waals surface area contributed by atoms with Gasteiger partial charge in [0, 0.05) is 22.7 Å². The molecule has 0 spiro atoms. The maximum atomic E-state index is 13.9. The summed E-state index contributed by atoms with van der Waals surface area (Å²) in [5.74, 6) is -2.51. The van der Waals surface area contributed by atoms with Crippen molar-refractivity contribution in [1.29, 1.82) is 0 Å². The van der Waals surface area contributed by atoms with Gasteiger partial charge in [0.25, 0.3) is 0 Å². The van der Waals surface area contributed by atoms with Crippen LogP contribution in [-0.4, -0.2) is 17.9 Å². The van der Waals surface area contributed by atoms with Crippen LogP contribution in [0.1, 0.15) is 41.5 Å². The molecule has 0 aromatic heterocycles. The second kappa shape index (κ2) is 9.13. The molecule has 0 fully saturated rings. The number of aryl methyl sites for hydroxylation is 1. The Morgan fingerprint density at radius 2 is 1.58 bits per heavy atom. The summed E-state index contributed by atoms with van der Waals surface area (Å²) in [5.41, 5.74) is 3.35. The lowest BCUT2D eigenvalue weighted by Crippen LogP contribution is -2.45. The highest BCUT2D eigenvalue weighted by Crippen LogP contribution is 2.48. The molecule has 0 unspecified atom stereocenters. The van der Waals surface area contributed by atoms with Crippen molar-refractivity contribution in [1.82, 2.24) is 0 Å². The van der Waals surface area contributed by atoms with Gasteiger partial charge in [-0.05, 0) is 54.7 Å². The van der Waals surface area contributed by atoms with Crippen molar-refractivity contribution < 1.29 is 22.8 Å². The van der Waals surface area contributed by atoms with Crippen molar-refractivity contribution in [2.24, 2.45) is 0 Å². The number of benzene rings is 3. The topological polar surface area (TPSA) is 49.4 Å². The van der Waals surface area contributed by atoms with Crippen LogP contribution in [0.2, 0.25) is 5.02 Å². The quantitative estimate of drug-likeness (QED) is 0.399. The molecular formula is C28H22ClF3N2O2. The third kappa shape index (κ3) is 4.39. The molecule has 0 bridgehead atoms. The van der Waals surface area contributed by atoms with E-state index < -0.39 is 18.1 Å². The second-order valence-corrected chi connectivity index (χ2v) is 9.54. The Labute approximate surface area is 211 Å². The Morgan fingerprint density at radius 1 is 0.944 bits per heavy atom. The van der Waals surface area contributed by atoms with E-state index in [0.717, 1.165) is 16.0 Å². The van der Waals surface area contributed by atoms with E-state index in [-0.39, 0.29) is 29.4 Å². The molecule has 0 radical (unpaired) electrons. The van der Waals surface area contributed by atoms with E-state index in [4.69, 9.17) is 11.6 Å². The smallest absolute Gasteiger partial charge is 0.357 e. The largest absolute Gasteiger partial charge is 0.471 e. The monoisotopic (exact) mass is 510 g/mol. The number of anilines is 2. The SMILES string of the molecule is Cc1ccc([C@H]2C3=C(C[C@@H](c4ccc(Cl)cc4)CC3=O)Nc3ccccc3N2C(=O)C(F)(F)F)cc1. The predicted molar refractivity (Wildman–Crippen MR) is 133 cm³/mol. The average molecular weight is 511 g/mol. The van der Waals surface area contributed by atoms with E-state index in [1.165, 1.54) is 6.07 Å². The number of nitrogens with one attached hydrogen (secondary N) is 1. The molecule has 3 aromatic rings. The Balaban J connectivity index is 1.72. The van der Waals surface area contributed by atoms with E-state index in [2.05, 4.69) is 5.32 Å². The first kappa shape index (κ1) is 24.1. The number of hydrogen-bond acceptors (Lipinski definition) is 3. The van der Waals surface area contributed by atoms with Gasteiger partial charge in [0.2, 0.25) is 0 Å². The highest BCUT2D eigenvalue weighted by Gasteiger charge is 2.49. The number of carbonyl (C=O) groups is 2. The van der Waals surface area contributed by atoms with Crippen LogP contribution in [0.3, 0.4) is 0 Å². The molecule has 3 aromatic carbocycles. The van der Waals surface area contributed by atoms with Crippen LogP contribution in [-0.2, 0) is 9.59 Å². The van der Waals surface area contributed by atoms with Crippen LogP contribution < -0.4 is 10.2 Å². The Morgan fingerprint density at radius 3 is 2.25 bits per heavy atom. The fraction of sp³-hybridized carbons (Fsp3) is 0.214. The second-order valence-electron chi connectivity index (χ2n) is 9.10. The summed E-state index contributed by atoms with van der Waals surface area (Å²) >= 11 is 6.03. The number of fused-ring (bicyclic) bond motifs is 1. The van der Waals surface area contributed by atoms with Crippen LogP contribution >= 0.6 is 11.6 Å². The maximum absolute atomic E-state index is 13.9. The van der Waals surface area contributed by atoms with Crippen molar-refractivity contribution in [3.05, 3.63) is 106 Å². The minimum atomic E-state index is -5.13. The number of nitrogens with zero attached hydrogens (tertiary/aromatic N) is 1. The number of para-hydroxylation sites is 2. The van der Waals surface area contributed by atoms with Gasteiger partial charge in [-0.2, -0.15) is 13.2 Å². The van der Waals surface area contributed by atoms with Gasteiger partial charge < -0.3 is 5.32 Å². The lowest BCUT2D eigenvalue weighted by Gasteiger charge is -2.35. The van der Waals surface area contributed by atoms with E-state index >= 15 is 0 Å². The number of carbonyl (C=O) groups excluding carboxylic acids is 2. The van der Waals surface area contributed by atoms with Gasteiger partial charge in [0.15, 0.2) is 5.78 Å². The molecule has 0 saturated heterocycles. The van der Waals surface area contributed by atoms with E-state index in [9.17, 15) is 22.8 Å². The fourth-order valence-corrected chi connectivity index (χ4v) is 5.11. The maximum Gasteiger partial charge on any atom is 0.471 e. The van der Waals surface area contributed by atoms with Gasteiger partial charge in [0.05, 0.1) is 17.4 Å². The molecule has 1 aliphatic heterocycles. The molecule has 36 heavy (non-hydrogen) atoms. The molecule has 184 valence electrons. The standard InChI is InChI=1S/C28H22ClF3N2O2/c1-16-6-8-18(9-7-16)26-25-22(14-19(15-24(25)35)17-10-12-20(29)13-11-17)33-21-4-2-3-5-23(21)34(26)27(36)28(30,31)32/h2-13,19,26,33H,14-15H2,1H3/t19-,26+/m1/s1. The van der Waals surface area contributed by atoms with Gasteiger partial charge in [-0.25, -0.2) is 0 Å². The number of ketones is 1. The van der Waals surface area contributed by atoms with E-state index in [0.29, 0.717) is 28.4 Å². The molecule has 4 nitrogen and oxygen atoms in total. The van der Waals surface area contributed by atoms with Crippen molar-refractivity contribution in [3.8, 4) is 0 Å². The van der Waals surface area contributed by atoms with Crippen molar-refractivity contribution in [2.45, 2.75) is 37.9 Å². The normalized spacial score (nSPS) is 19.8. The van der Waals surface area contributed by atoms with Crippen LogP contribution in [0, 0.1) is 6.92 Å². The molecule has 1 aliphatic carbocycles. The summed E-state index contributed by atoms with van der Waals surface area (Å²) in [7, 11) is 0. The van der Waals surface area contributed by atoms with Crippen molar-refractivity contribution in [2.75, 3.05) is 10.2 Å². The molecular weight excluding hydrogens is 489 g/mol. The lowest BCUT2D eigenvalue weighted by molar-refractivity contribution is -0.170. The highest BCUT2D eigenvalue weighted by molar-refractivity contribution is 6.30. The number of halogens is 4. The number of allylic oxidation sites excluding steroid dienone is 1. The van der Waals surface area contributed by atoms with Crippen LogP contribution in [0.25, 0.3) is 0 Å². The Kier molecular flexibility index (Phi) is 6.12. The lowest BCUT2D eigenvalue weighted by atomic mass is 9.78. The number of rotatable bonds is 2. The first-order valence-corrected chi connectivity index (χ1v) is 11.9. The number of alkyl halides is 3. The minimum Gasteiger partial charge on any atom is -0.357 e. The molecule has 2 atom stereocenters. The van der Waals surface area contributed by atoms with Gasteiger partial charge in [-0.3, -0.25) is 14.5 Å². The summed E-state index contributed by atoms with van der Waals surface area (Å²) in [6.07, 6.45) is -4.63. The Hall–Kier alpha value is -3.58. The average Bonchev–Trinajstić information content (AvgIpc) is 2.98. The first-order chi connectivity index (χ1) is 17.1. The van der Waals surface area contributed by atoms with Gasteiger partial charge >= 0.3 is 12.1 Å². The molecule has 1 N–H and O–H groups in total. The Bertz CT molecular complexity index is 1360. The van der Waals surface area contributed by atoms with E-state index in [1.54, 1.807) is 54.6 Å². The summed E-state index contributed by atoms with van der Waals surface area (Å²) < 4.78 is 41.8. The summed E-state index contributed by atoms with van der Waals surface area (Å²) in [4.78, 5) is 27.3. The zero-order valence-electron chi connectivity index (χ0n) is 19.3. The van der Waals surface area contributed by atoms with Crippen LogP contribution in [0.5, 0.6) is 0 Å². The summed E-state index contributed by atoms with van der Waals surface area (Å²) in [5, 5.41) is 3.79. The van der Waals surface area contributed by atoms with Crippen molar-refractivity contribution >= 4 is 34.7 Å². The van der Waals surface area contributed by atoms with Gasteiger partial charge in [0.1, 0.15) is 0 Å². The highest BCUT2D eigenvalue weighted by atomic mass is 35.5. The predicted octanol–water partition coefficient (Wildman–Crippen LogP) is 7.11. The van der Waals surface area contributed by atoms with Crippen molar-refractivity contribution in [3.63, 3.8) is 0 Å². The molecule has 1 amide bonds. The third-order valence-electron chi connectivity index (χ3n) is 6.68. The number of amides is 1. The number of Topliss-reactive ketones (excluding diaryl/α,β-unsaturated/α-hetero) is 1. The molecule has 8 heteroatoms. The molecule has 0 saturated carbocycles. The zero-order chi connectivity index (χ0) is 25.6.